The van der Waals surface area contributed by atoms with Crippen LogP contribution in [0.25, 0.3) is 45.3 Å². The average molecular weight is 429 g/mol. The number of nitrogens with zero attached hydrogens (tertiary/aromatic N) is 3. The minimum atomic E-state index is -1.56. The molecule has 0 bridgehead atoms. The predicted molar refractivity (Wildman–Crippen MR) is 131 cm³/mol. The molecule has 5 nitrogen and oxygen atoms in total. The van der Waals surface area contributed by atoms with E-state index in [-0.39, 0.29) is 0 Å². The molecule has 0 fully saturated rings. The SMILES string of the molecule is OB(O)c1ccccc1-c1cccc(-c2nc(-c3ccccc3)nc(-c3ccccc3)n2)c1. The van der Waals surface area contributed by atoms with Crippen LogP contribution in [0.4, 0.5) is 0 Å². The van der Waals surface area contributed by atoms with Crippen molar-refractivity contribution in [3.05, 3.63) is 109 Å². The first kappa shape index (κ1) is 20.8. The van der Waals surface area contributed by atoms with E-state index in [0.717, 1.165) is 27.8 Å². The largest absolute Gasteiger partial charge is 0.489 e. The van der Waals surface area contributed by atoms with Gasteiger partial charge in [-0.3, -0.25) is 0 Å². The monoisotopic (exact) mass is 429 g/mol. The summed E-state index contributed by atoms with van der Waals surface area (Å²) in [5.74, 6) is 1.73. The zero-order valence-electron chi connectivity index (χ0n) is 17.7. The van der Waals surface area contributed by atoms with Gasteiger partial charge in [0.1, 0.15) is 0 Å². The van der Waals surface area contributed by atoms with Crippen molar-refractivity contribution in [3.63, 3.8) is 0 Å². The molecular weight excluding hydrogens is 409 g/mol. The second kappa shape index (κ2) is 9.16. The van der Waals surface area contributed by atoms with Gasteiger partial charge in [0.05, 0.1) is 0 Å². The highest BCUT2D eigenvalue weighted by molar-refractivity contribution is 6.60. The number of rotatable bonds is 5. The van der Waals surface area contributed by atoms with Crippen molar-refractivity contribution in [1.82, 2.24) is 15.0 Å². The molecule has 33 heavy (non-hydrogen) atoms. The minimum Gasteiger partial charge on any atom is -0.423 e. The van der Waals surface area contributed by atoms with E-state index in [1.165, 1.54) is 0 Å². The Morgan fingerprint density at radius 2 is 0.909 bits per heavy atom. The number of aromatic nitrogens is 3. The highest BCUT2D eigenvalue weighted by Gasteiger charge is 2.17. The van der Waals surface area contributed by atoms with Gasteiger partial charge in [0, 0.05) is 16.7 Å². The molecule has 0 saturated heterocycles. The van der Waals surface area contributed by atoms with Crippen molar-refractivity contribution in [1.29, 1.82) is 0 Å². The predicted octanol–water partition coefficient (Wildman–Crippen LogP) is 4.22. The van der Waals surface area contributed by atoms with Crippen molar-refractivity contribution in [3.8, 4) is 45.3 Å². The van der Waals surface area contributed by atoms with Gasteiger partial charge in [0.25, 0.3) is 0 Å². The van der Waals surface area contributed by atoms with Crippen molar-refractivity contribution in [2.24, 2.45) is 0 Å². The van der Waals surface area contributed by atoms with Crippen LogP contribution in [0.2, 0.25) is 0 Å². The fourth-order valence-electron chi connectivity index (χ4n) is 3.75. The molecule has 158 valence electrons. The Balaban J connectivity index is 1.66. The molecule has 5 aromatic rings. The summed E-state index contributed by atoms with van der Waals surface area (Å²) in [6, 6.07) is 34.6. The zero-order chi connectivity index (χ0) is 22.6. The van der Waals surface area contributed by atoms with Crippen LogP contribution in [0, 0.1) is 0 Å². The Hall–Kier alpha value is -4.13. The molecular formula is C27H20BN3O2. The maximum atomic E-state index is 9.80. The molecule has 0 saturated carbocycles. The van der Waals surface area contributed by atoms with Crippen LogP contribution in [0.1, 0.15) is 0 Å². The van der Waals surface area contributed by atoms with Crippen LogP contribution in [0.15, 0.2) is 109 Å². The lowest BCUT2D eigenvalue weighted by molar-refractivity contribution is 0.426. The van der Waals surface area contributed by atoms with E-state index in [0.29, 0.717) is 22.9 Å². The van der Waals surface area contributed by atoms with Gasteiger partial charge in [0.2, 0.25) is 0 Å². The quantitative estimate of drug-likeness (QED) is 0.409. The highest BCUT2D eigenvalue weighted by Crippen LogP contribution is 2.27. The van der Waals surface area contributed by atoms with E-state index in [4.69, 9.17) is 15.0 Å². The van der Waals surface area contributed by atoms with Gasteiger partial charge in [-0.15, -0.1) is 0 Å². The lowest BCUT2D eigenvalue weighted by Crippen LogP contribution is -2.31. The van der Waals surface area contributed by atoms with Gasteiger partial charge in [-0.25, -0.2) is 15.0 Å². The second-order valence-corrected chi connectivity index (χ2v) is 7.58. The summed E-state index contributed by atoms with van der Waals surface area (Å²) in [7, 11) is -1.56. The maximum absolute atomic E-state index is 9.80. The molecule has 0 aliphatic heterocycles. The Bertz CT molecular complexity index is 1340. The van der Waals surface area contributed by atoms with E-state index in [9.17, 15) is 10.0 Å². The smallest absolute Gasteiger partial charge is 0.423 e. The summed E-state index contributed by atoms with van der Waals surface area (Å²) >= 11 is 0. The van der Waals surface area contributed by atoms with Crippen LogP contribution in [-0.4, -0.2) is 32.1 Å². The number of hydrogen-bond donors (Lipinski definition) is 2. The number of hydrogen-bond acceptors (Lipinski definition) is 5. The van der Waals surface area contributed by atoms with Gasteiger partial charge in [-0.05, 0) is 22.7 Å². The third-order valence-electron chi connectivity index (χ3n) is 5.37. The molecule has 0 aliphatic carbocycles. The van der Waals surface area contributed by atoms with E-state index in [2.05, 4.69) is 0 Å². The summed E-state index contributed by atoms with van der Waals surface area (Å²) in [5, 5.41) is 19.6. The molecule has 4 aromatic carbocycles. The molecule has 1 heterocycles. The third-order valence-corrected chi connectivity index (χ3v) is 5.37. The fourth-order valence-corrected chi connectivity index (χ4v) is 3.75. The Kier molecular flexibility index (Phi) is 5.76. The third kappa shape index (κ3) is 4.43. The summed E-state index contributed by atoms with van der Waals surface area (Å²) in [4.78, 5) is 14.3. The molecule has 5 rings (SSSR count). The summed E-state index contributed by atoms with van der Waals surface area (Å²) in [6.45, 7) is 0. The van der Waals surface area contributed by atoms with E-state index >= 15 is 0 Å². The van der Waals surface area contributed by atoms with Gasteiger partial charge in [-0.2, -0.15) is 0 Å². The molecule has 0 unspecified atom stereocenters. The maximum Gasteiger partial charge on any atom is 0.489 e. The normalized spacial score (nSPS) is 10.7. The first-order chi connectivity index (χ1) is 16.2. The fraction of sp³-hybridized carbons (Fsp3) is 0. The number of benzene rings is 4. The van der Waals surface area contributed by atoms with Crippen LogP contribution < -0.4 is 5.46 Å². The van der Waals surface area contributed by atoms with E-state index in [1.54, 1.807) is 12.1 Å². The molecule has 1 aromatic heterocycles. The summed E-state index contributed by atoms with van der Waals surface area (Å²) in [5.41, 5.74) is 4.66. The van der Waals surface area contributed by atoms with E-state index < -0.39 is 7.12 Å². The second-order valence-electron chi connectivity index (χ2n) is 7.58. The van der Waals surface area contributed by atoms with Crippen LogP contribution in [0.3, 0.4) is 0 Å². The standard InChI is InChI=1S/C27H20BN3O2/c32-28(33)24-17-8-7-16-23(24)21-14-9-15-22(18-21)27-30-25(19-10-3-1-4-11-19)29-26(31-27)20-12-5-2-6-13-20/h1-18,32-33H. The first-order valence-electron chi connectivity index (χ1n) is 10.6. The van der Waals surface area contributed by atoms with Crippen LogP contribution >= 0.6 is 0 Å². The van der Waals surface area contributed by atoms with Crippen LogP contribution in [-0.2, 0) is 0 Å². The molecule has 6 heteroatoms. The molecule has 0 radical (unpaired) electrons. The minimum absolute atomic E-state index is 0.445. The zero-order valence-corrected chi connectivity index (χ0v) is 17.7. The lowest BCUT2D eigenvalue weighted by Gasteiger charge is -2.11. The molecule has 0 atom stereocenters. The van der Waals surface area contributed by atoms with Gasteiger partial charge >= 0.3 is 7.12 Å². The van der Waals surface area contributed by atoms with Crippen molar-refractivity contribution in [2.45, 2.75) is 0 Å². The molecule has 2 N–H and O–H groups in total. The average Bonchev–Trinajstić information content (AvgIpc) is 2.89. The molecule has 0 aliphatic rings. The Morgan fingerprint density at radius 3 is 1.48 bits per heavy atom. The van der Waals surface area contributed by atoms with Gasteiger partial charge in [0.15, 0.2) is 17.5 Å². The Labute approximate surface area is 192 Å². The van der Waals surface area contributed by atoms with Crippen molar-refractivity contribution in [2.75, 3.05) is 0 Å². The molecule has 0 amide bonds. The van der Waals surface area contributed by atoms with Gasteiger partial charge in [-0.1, -0.05) is 103 Å². The van der Waals surface area contributed by atoms with Crippen molar-refractivity contribution < 1.29 is 10.0 Å². The van der Waals surface area contributed by atoms with E-state index in [1.807, 2.05) is 97.1 Å². The van der Waals surface area contributed by atoms with Crippen molar-refractivity contribution >= 4 is 12.6 Å². The topological polar surface area (TPSA) is 79.1 Å². The first-order valence-corrected chi connectivity index (χ1v) is 10.6. The molecule has 0 spiro atoms. The summed E-state index contributed by atoms with van der Waals surface area (Å²) in [6.07, 6.45) is 0. The summed E-state index contributed by atoms with van der Waals surface area (Å²) < 4.78 is 0. The lowest BCUT2D eigenvalue weighted by atomic mass is 9.75. The van der Waals surface area contributed by atoms with Crippen LogP contribution in [0.5, 0.6) is 0 Å². The highest BCUT2D eigenvalue weighted by atomic mass is 16.4. The van der Waals surface area contributed by atoms with Gasteiger partial charge < -0.3 is 10.0 Å². The Morgan fingerprint density at radius 1 is 0.455 bits per heavy atom.